The van der Waals surface area contributed by atoms with Crippen LogP contribution >= 0.6 is 0 Å². The van der Waals surface area contributed by atoms with E-state index in [9.17, 15) is 4.79 Å². The molecule has 1 aliphatic carbocycles. The molecule has 0 spiro atoms. The summed E-state index contributed by atoms with van der Waals surface area (Å²) in [7, 11) is 3.50. The summed E-state index contributed by atoms with van der Waals surface area (Å²) in [5.41, 5.74) is 2.23. The quantitative estimate of drug-likeness (QED) is 0.488. The Morgan fingerprint density at radius 3 is 2.76 bits per heavy atom. The Hall–Kier alpha value is -2.28. The van der Waals surface area contributed by atoms with E-state index in [1.165, 1.54) is 18.4 Å². The second-order valence-electron chi connectivity index (χ2n) is 8.28. The summed E-state index contributed by atoms with van der Waals surface area (Å²) >= 11 is 0. The molecule has 1 aliphatic heterocycles. The fourth-order valence-corrected chi connectivity index (χ4v) is 3.06. The molecule has 160 valence electrons. The Morgan fingerprint density at radius 1 is 1.24 bits per heavy atom. The molecule has 2 fully saturated rings. The molecule has 1 heterocycles. The first-order valence-electron chi connectivity index (χ1n) is 10.5. The lowest BCUT2D eigenvalue weighted by Crippen LogP contribution is -2.44. The van der Waals surface area contributed by atoms with Crippen LogP contribution in [0.15, 0.2) is 23.2 Å². The van der Waals surface area contributed by atoms with Crippen molar-refractivity contribution in [2.45, 2.75) is 32.7 Å². The first-order valence-corrected chi connectivity index (χ1v) is 10.5. The molecule has 1 atom stereocenters. The fraction of sp³-hybridized carbons (Fsp3) is 0.636. The van der Waals surface area contributed by atoms with Crippen molar-refractivity contribution in [2.75, 3.05) is 47.0 Å². The van der Waals surface area contributed by atoms with Crippen LogP contribution in [0.25, 0.3) is 0 Å². The largest absolute Gasteiger partial charge is 0.493 e. The van der Waals surface area contributed by atoms with Crippen molar-refractivity contribution in [3.8, 4) is 5.75 Å². The van der Waals surface area contributed by atoms with Crippen molar-refractivity contribution in [3.63, 3.8) is 0 Å². The van der Waals surface area contributed by atoms with E-state index in [-0.39, 0.29) is 12.5 Å². The SMILES string of the molecule is Cc1ccc(CN=C(NCC(=O)N(C)C)NCC2CCOC2)c(OCC2CC2)c1. The number of rotatable bonds is 9. The third-order valence-corrected chi connectivity index (χ3v) is 5.29. The average molecular weight is 403 g/mol. The maximum Gasteiger partial charge on any atom is 0.241 e. The van der Waals surface area contributed by atoms with E-state index in [1.54, 1.807) is 19.0 Å². The average Bonchev–Trinajstić information content (AvgIpc) is 3.39. The van der Waals surface area contributed by atoms with E-state index in [0.717, 1.165) is 44.1 Å². The fourth-order valence-electron chi connectivity index (χ4n) is 3.06. The number of hydrogen-bond donors (Lipinski definition) is 2. The van der Waals surface area contributed by atoms with E-state index in [1.807, 2.05) is 0 Å². The van der Waals surface area contributed by atoms with Crippen LogP contribution in [0, 0.1) is 18.8 Å². The highest BCUT2D eigenvalue weighted by Crippen LogP contribution is 2.31. The lowest BCUT2D eigenvalue weighted by Gasteiger charge is -2.17. The molecule has 0 bridgehead atoms. The Labute approximate surface area is 173 Å². The van der Waals surface area contributed by atoms with Crippen molar-refractivity contribution in [2.24, 2.45) is 16.8 Å². The third kappa shape index (κ3) is 7.24. The van der Waals surface area contributed by atoms with Gasteiger partial charge in [-0.1, -0.05) is 12.1 Å². The molecule has 2 N–H and O–H groups in total. The van der Waals surface area contributed by atoms with Gasteiger partial charge < -0.3 is 25.0 Å². The zero-order chi connectivity index (χ0) is 20.6. The number of aryl methyl sites for hydroxylation is 1. The number of amides is 1. The summed E-state index contributed by atoms with van der Waals surface area (Å²) in [6.45, 7) is 5.92. The van der Waals surface area contributed by atoms with Crippen LogP contribution in [0.5, 0.6) is 5.75 Å². The smallest absolute Gasteiger partial charge is 0.241 e. The molecule has 3 rings (SSSR count). The molecule has 1 saturated heterocycles. The number of nitrogens with zero attached hydrogens (tertiary/aromatic N) is 2. The lowest BCUT2D eigenvalue weighted by atomic mass is 10.1. The van der Waals surface area contributed by atoms with Gasteiger partial charge in [0.2, 0.25) is 5.91 Å². The summed E-state index contributed by atoms with van der Waals surface area (Å²) in [5.74, 6) is 2.74. The van der Waals surface area contributed by atoms with E-state index < -0.39 is 0 Å². The highest BCUT2D eigenvalue weighted by molar-refractivity contribution is 5.86. The van der Waals surface area contributed by atoms with Crippen molar-refractivity contribution in [1.82, 2.24) is 15.5 Å². The molecule has 1 unspecified atom stereocenters. The van der Waals surface area contributed by atoms with Gasteiger partial charge in [0.05, 0.1) is 26.3 Å². The Morgan fingerprint density at radius 2 is 2.07 bits per heavy atom. The molecule has 0 aromatic heterocycles. The van der Waals surface area contributed by atoms with Crippen molar-refractivity contribution in [3.05, 3.63) is 29.3 Å². The van der Waals surface area contributed by atoms with E-state index >= 15 is 0 Å². The van der Waals surface area contributed by atoms with Gasteiger partial charge in [-0.05, 0) is 43.7 Å². The summed E-state index contributed by atoms with van der Waals surface area (Å²) in [6, 6.07) is 6.24. The lowest BCUT2D eigenvalue weighted by molar-refractivity contribution is -0.127. The number of likely N-dealkylation sites (N-methyl/N-ethyl adjacent to an activating group) is 1. The second-order valence-corrected chi connectivity index (χ2v) is 8.28. The molecule has 7 heteroatoms. The molecular weight excluding hydrogens is 368 g/mol. The number of guanidine groups is 1. The van der Waals surface area contributed by atoms with E-state index in [2.05, 4.69) is 35.8 Å². The van der Waals surface area contributed by atoms with E-state index in [4.69, 9.17) is 14.5 Å². The minimum absolute atomic E-state index is 0.00694. The number of nitrogens with one attached hydrogen (secondary N) is 2. The summed E-state index contributed by atoms with van der Waals surface area (Å²) in [5, 5.41) is 6.52. The Balaban J connectivity index is 1.63. The van der Waals surface area contributed by atoms with Gasteiger partial charge in [-0.2, -0.15) is 0 Å². The molecule has 1 aromatic rings. The molecule has 0 radical (unpaired) electrons. The number of aliphatic imine (C=N–C) groups is 1. The number of benzene rings is 1. The minimum Gasteiger partial charge on any atom is -0.493 e. The molecule has 2 aliphatic rings. The van der Waals surface area contributed by atoms with Crippen LogP contribution in [-0.2, 0) is 16.1 Å². The predicted octanol–water partition coefficient (Wildman–Crippen LogP) is 1.94. The predicted molar refractivity (Wildman–Crippen MR) is 114 cm³/mol. The van der Waals surface area contributed by atoms with Gasteiger partial charge in [0.25, 0.3) is 0 Å². The highest BCUT2D eigenvalue weighted by atomic mass is 16.5. The number of carbonyl (C=O) groups excluding carboxylic acids is 1. The molecule has 7 nitrogen and oxygen atoms in total. The van der Waals surface area contributed by atoms with E-state index in [0.29, 0.717) is 24.3 Å². The van der Waals surface area contributed by atoms with Crippen LogP contribution in [0.3, 0.4) is 0 Å². The second kappa shape index (κ2) is 10.5. The zero-order valence-electron chi connectivity index (χ0n) is 17.9. The number of carbonyl (C=O) groups is 1. The number of ether oxygens (including phenoxy) is 2. The molecular formula is C22H34N4O3. The third-order valence-electron chi connectivity index (χ3n) is 5.29. The van der Waals surface area contributed by atoms with Crippen LogP contribution < -0.4 is 15.4 Å². The first kappa shape index (κ1) is 21.4. The monoisotopic (exact) mass is 402 g/mol. The Kier molecular flexibility index (Phi) is 7.75. The van der Waals surface area contributed by atoms with Gasteiger partial charge in [-0.25, -0.2) is 4.99 Å². The van der Waals surface area contributed by atoms with Crippen LogP contribution in [-0.4, -0.2) is 63.8 Å². The zero-order valence-corrected chi connectivity index (χ0v) is 17.9. The molecule has 29 heavy (non-hydrogen) atoms. The maximum atomic E-state index is 12.0. The summed E-state index contributed by atoms with van der Waals surface area (Å²) < 4.78 is 11.5. The van der Waals surface area contributed by atoms with Crippen LogP contribution in [0.2, 0.25) is 0 Å². The molecule has 1 saturated carbocycles. The van der Waals surface area contributed by atoms with Gasteiger partial charge in [0.1, 0.15) is 5.75 Å². The van der Waals surface area contributed by atoms with Crippen LogP contribution in [0.4, 0.5) is 0 Å². The van der Waals surface area contributed by atoms with Crippen LogP contribution in [0.1, 0.15) is 30.4 Å². The minimum atomic E-state index is 0.00694. The first-order chi connectivity index (χ1) is 14.0. The van der Waals surface area contributed by atoms with Gasteiger partial charge in [-0.3, -0.25) is 4.79 Å². The van der Waals surface area contributed by atoms with Gasteiger partial charge in [-0.15, -0.1) is 0 Å². The van der Waals surface area contributed by atoms with Gasteiger partial charge >= 0.3 is 0 Å². The van der Waals surface area contributed by atoms with Gasteiger partial charge in [0.15, 0.2) is 5.96 Å². The van der Waals surface area contributed by atoms with Crippen molar-refractivity contribution in [1.29, 1.82) is 0 Å². The standard InChI is InChI=1S/C22H34N4O3/c1-16-4-7-19(20(10-16)29-15-17-5-6-17)12-24-22(25-13-21(27)26(2)3)23-11-18-8-9-28-14-18/h4,7,10,17-18H,5-6,8-9,11-15H2,1-3H3,(H2,23,24,25). The van der Waals surface area contributed by atoms with Crippen molar-refractivity contribution < 1.29 is 14.3 Å². The summed E-state index contributed by atoms with van der Waals surface area (Å²) in [6.07, 6.45) is 3.58. The maximum absolute atomic E-state index is 12.0. The molecule has 1 amide bonds. The van der Waals surface area contributed by atoms with Crippen molar-refractivity contribution >= 4 is 11.9 Å². The molecule has 1 aromatic carbocycles. The number of hydrogen-bond acceptors (Lipinski definition) is 4. The normalized spacial score (nSPS) is 19.1. The van der Waals surface area contributed by atoms with Gasteiger partial charge in [0, 0.05) is 38.7 Å². The highest BCUT2D eigenvalue weighted by Gasteiger charge is 2.22. The Bertz CT molecular complexity index is 710. The topological polar surface area (TPSA) is 75.2 Å². The summed E-state index contributed by atoms with van der Waals surface area (Å²) in [4.78, 5) is 18.3.